The number of nitrogens with zero attached hydrogens (tertiary/aromatic N) is 1. The number of carbonyl (C=O) groups is 2. The summed E-state index contributed by atoms with van der Waals surface area (Å²) in [6.45, 7) is 1.77. The number of benzene rings is 3. The zero-order valence-corrected chi connectivity index (χ0v) is 20.2. The Morgan fingerprint density at radius 3 is 2.43 bits per heavy atom. The van der Waals surface area contributed by atoms with E-state index in [4.69, 9.17) is 0 Å². The number of para-hydroxylation sites is 1. The average molecular weight is 503 g/mol. The van der Waals surface area contributed by atoms with Gasteiger partial charge in [-0.15, -0.1) is 0 Å². The van der Waals surface area contributed by atoms with Crippen LogP contribution in [0.15, 0.2) is 79.0 Å². The highest BCUT2D eigenvalue weighted by Crippen LogP contribution is 2.27. The SMILES string of the molecule is O=C(NCc1cccc(F)c1)[C@H]1C[C@@H](C(=O)Nc2ccc(F)cc2)CN(Cc2c[nH]c3ccccc23)C1. The summed E-state index contributed by atoms with van der Waals surface area (Å²) < 4.78 is 26.8. The smallest absolute Gasteiger partial charge is 0.228 e. The molecule has 2 atom stereocenters. The summed E-state index contributed by atoms with van der Waals surface area (Å²) in [5, 5.41) is 6.87. The van der Waals surface area contributed by atoms with Crippen molar-refractivity contribution in [2.24, 2.45) is 11.8 Å². The molecule has 0 bridgehead atoms. The molecular weight excluding hydrogens is 474 g/mol. The quantitative estimate of drug-likeness (QED) is 0.339. The summed E-state index contributed by atoms with van der Waals surface area (Å²) in [5.74, 6) is -1.97. The van der Waals surface area contributed by atoms with Crippen molar-refractivity contribution in [3.8, 4) is 0 Å². The van der Waals surface area contributed by atoms with Gasteiger partial charge in [0.15, 0.2) is 0 Å². The Hall–Kier alpha value is -4.04. The Kier molecular flexibility index (Phi) is 7.28. The van der Waals surface area contributed by atoms with Gasteiger partial charge in [-0.2, -0.15) is 0 Å². The van der Waals surface area contributed by atoms with Crippen LogP contribution in [-0.4, -0.2) is 34.8 Å². The van der Waals surface area contributed by atoms with E-state index in [0.29, 0.717) is 37.3 Å². The molecule has 2 heterocycles. The maximum absolute atomic E-state index is 13.5. The first-order valence-electron chi connectivity index (χ1n) is 12.3. The van der Waals surface area contributed by atoms with Crippen LogP contribution in [0, 0.1) is 23.5 Å². The van der Waals surface area contributed by atoms with Crippen LogP contribution >= 0.6 is 0 Å². The number of H-pyrrole nitrogens is 1. The van der Waals surface area contributed by atoms with E-state index in [1.165, 1.54) is 36.4 Å². The van der Waals surface area contributed by atoms with Crippen LogP contribution in [0.2, 0.25) is 0 Å². The van der Waals surface area contributed by atoms with Crippen molar-refractivity contribution in [1.82, 2.24) is 15.2 Å². The molecule has 1 aromatic heterocycles. The number of hydrogen-bond acceptors (Lipinski definition) is 3. The van der Waals surface area contributed by atoms with Crippen LogP contribution in [0.5, 0.6) is 0 Å². The molecule has 4 aromatic rings. The Bertz CT molecular complexity index is 1400. The molecule has 6 nitrogen and oxygen atoms in total. The summed E-state index contributed by atoms with van der Waals surface area (Å²) in [5.41, 5.74) is 3.30. The molecule has 0 aliphatic carbocycles. The first-order valence-corrected chi connectivity index (χ1v) is 12.3. The summed E-state index contributed by atoms with van der Waals surface area (Å²) in [4.78, 5) is 31.8. The number of amides is 2. The predicted molar refractivity (Wildman–Crippen MR) is 138 cm³/mol. The van der Waals surface area contributed by atoms with E-state index in [9.17, 15) is 18.4 Å². The number of carbonyl (C=O) groups excluding carboxylic acids is 2. The van der Waals surface area contributed by atoms with Crippen molar-refractivity contribution in [1.29, 1.82) is 0 Å². The van der Waals surface area contributed by atoms with Gasteiger partial charge in [0.25, 0.3) is 0 Å². The second-order valence-electron chi connectivity index (χ2n) is 9.53. The molecule has 1 saturated heterocycles. The van der Waals surface area contributed by atoms with Crippen molar-refractivity contribution in [2.75, 3.05) is 18.4 Å². The van der Waals surface area contributed by atoms with Gasteiger partial charge in [-0.05, 0) is 60.0 Å². The normalized spacial score (nSPS) is 18.0. The Morgan fingerprint density at radius 2 is 1.65 bits per heavy atom. The molecule has 37 heavy (non-hydrogen) atoms. The van der Waals surface area contributed by atoms with E-state index >= 15 is 0 Å². The van der Waals surface area contributed by atoms with Gasteiger partial charge in [0.05, 0.1) is 11.8 Å². The highest BCUT2D eigenvalue weighted by Gasteiger charge is 2.35. The van der Waals surface area contributed by atoms with Gasteiger partial charge in [0, 0.05) is 49.0 Å². The minimum absolute atomic E-state index is 0.174. The minimum Gasteiger partial charge on any atom is -0.361 e. The van der Waals surface area contributed by atoms with Crippen molar-refractivity contribution >= 4 is 28.4 Å². The number of halogens is 2. The summed E-state index contributed by atoms with van der Waals surface area (Å²) in [7, 11) is 0. The number of piperidine rings is 1. The number of hydrogen-bond donors (Lipinski definition) is 3. The third kappa shape index (κ3) is 6.03. The molecule has 2 amide bonds. The Labute approximate surface area is 213 Å². The van der Waals surface area contributed by atoms with E-state index in [-0.39, 0.29) is 30.0 Å². The van der Waals surface area contributed by atoms with Crippen LogP contribution < -0.4 is 10.6 Å². The van der Waals surface area contributed by atoms with E-state index in [0.717, 1.165) is 16.5 Å². The molecule has 0 spiro atoms. The lowest BCUT2D eigenvalue weighted by Gasteiger charge is -2.36. The first-order chi connectivity index (χ1) is 17.9. The highest BCUT2D eigenvalue weighted by molar-refractivity contribution is 5.93. The Balaban J connectivity index is 1.32. The van der Waals surface area contributed by atoms with Crippen LogP contribution in [0.4, 0.5) is 14.5 Å². The highest BCUT2D eigenvalue weighted by atomic mass is 19.1. The molecule has 190 valence electrons. The zero-order valence-electron chi connectivity index (χ0n) is 20.2. The summed E-state index contributed by atoms with van der Waals surface area (Å²) >= 11 is 0. The second-order valence-corrected chi connectivity index (χ2v) is 9.53. The van der Waals surface area contributed by atoms with Crippen molar-refractivity contribution < 1.29 is 18.4 Å². The van der Waals surface area contributed by atoms with Gasteiger partial charge in [-0.3, -0.25) is 14.5 Å². The van der Waals surface area contributed by atoms with E-state index in [2.05, 4.69) is 20.5 Å². The van der Waals surface area contributed by atoms with Gasteiger partial charge < -0.3 is 15.6 Å². The third-order valence-corrected chi connectivity index (χ3v) is 6.80. The fraction of sp³-hybridized carbons (Fsp3) is 0.241. The van der Waals surface area contributed by atoms with Gasteiger partial charge >= 0.3 is 0 Å². The maximum Gasteiger partial charge on any atom is 0.228 e. The number of likely N-dealkylation sites (tertiary alicyclic amines) is 1. The molecule has 3 N–H and O–H groups in total. The maximum atomic E-state index is 13.5. The molecule has 0 saturated carbocycles. The van der Waals surface area contributed by atoms with Gasteiger partial charge in [0.1, 0.15) is 11.6 Å². The van der Waals surface area contributed by atoms with E-state index < -0.39 is 11.8 Å². The summed E-state index contributed by atoms with van der Waals surface area (Å²) in [6, 6.07) is 19.8. The second kappa shape index (κ2) is 10.9. The third-order valence-electron chi connectivity index (χ3n) is 6.80. The van der Waals surface area contributed by atoms with Crippen LogP contribution in [0.25, 0.3) is 10.9 Å². The molecule has 1 aliphatic rings. The van der Waals surface area contributed by atoms with Crippen molar-refractivity contribution in [2.45, 2.75) is 19.5 Å². The van der Waals surface area contributed by atoms with Crippen LogP contribution in [0.1, 0.15) is 17.5 Å². The van der Waals surface area contributed by atoms with Gasteiger partial charge in [-0.1, -0.05) is 30.3 Å². The largest absolute Gasteiger partial charge is 0.361 e. The van der Waals surface area contributed by atoms with Crippen molar-refractivity contribution in [3.05, 3.63) is 102 Å². The van der Waals surface area contributed by atoms with Crippen LogP contribution in [-0.2, 0) is 22.7 Å². The number of rotatable bonds is 7. The lowest BCUT2D eigenvalue weighted by molar-refractivity contribution is -0.130. The van der Waals surface area contributed by atoms with E-state index in [1.54, 1.807) is 12.1 Å². The van der Waals surface area contributed by atoms with Crippen molar-refractivity contribution in [3.63, 3.8) is 0 Å². The molecular formula is C29H28F2N4O2. The molecule has 0 radical (unpaired) electrons. The number of fused-ring (bicyclic) bond motifs is 1. The molecule has 5 rings (SSSR count). The topological polar surface area (TPSA) is 77.2 Å². The first kappa shape index (κ1) is 24.6. The lowest BCUT2D eigenvalue weighted by Crippen LogP contribution is -2.48. The number of aromatic nitrogens is 1. The fourth-order valence-corrected chi connectivity index (χ4v) is 4.96. The fourth-order valence-electron chi connectivity index (χ4n) is 4.96. The van der Waals surface area contributed by atoms with Gasteiger partial charge in [-0.25, -0.2) is 8.78 Å². The molecule has 1 fully saturated rings. The summed E-state index contributed by atoms with van der Waals surface area (Å²) in [6.07, 6.45) is 2.35. The standard InChI is InChI=1S/C29H28F2N4O2/c30-23-8-10-25(11-9-23)34-29(37)21-13-20(28(36)33-14-19-4-3-5-24(31)12-19)16-35(17-21)18-22-15-32-27-7-2-1-6-26(22)27/h1-12,15,20-21,32H,13-14,16-18H2,(H,33,36)(H,34,37)/t20-,21+/m0/s1. The monoisotopic (exact) mass is 502 g/mol. The number of anilines is 1. The molecule has 0 unspecified atom stereocenters. The lowest BCUT2D eigenvalue weighted by atomic mass is 9.87. The molecule has 1 aliphatic heterocycles. The zero-order chi connectivity index (χ0) is 25.8. The van der Waals surface area contributed by atoms with Gasteiger partial charge in [0.2, 0.25) is 11.8 Å². The average Bonchev–Trinajstić information content (AvgIpc) is 3.31. The Morgan fingerprint density at radius 1 is 0.892 bits per heavy atom. The van der Waals surface area contributed by atoms with E-state index in [1.807, 2.05) is 30.5 Å². The number of aromatic amines is 1. The molecule has 8 heteroatoms. The number of nitrogens with one attached hydrogen (secondary N) is 3. The van der Waals surface area contributed by atoms with Crippen LogP contribution in [0.3, 0.4) is 0 Å². The minimum atomic E-state index is -0.436. The molecule has 3 aromatic carbocycles. The predicted octanol–water partition coefficient (Wildman–Crippen LogP) is 4.84.